The van der Waals surface area contributed by atoms with E-state index in [1.165, 1.54) is 0 Å². The van der Waals surface area contributed by atoms with Gasteiger partial charge in [-0.05, 0) is 30.3 Å². The molecule has 4 heteroatoms. The van der Waals surface area contributed by atoms with Crippen molar-refractivity contribution in [3.63, 3.8) is 0 Å². The van der Waals surface area contributed by atoms with Crippen molar-refractivity contribution in [2.75, 3.05) is 5.73 Å². The monoisotopic (exact) mass is 311 g/mol. The Balaban J connectivity index is 2.07. The van der Waals surface area contributed by atoms with Crippen molar-refractivity contribution < 1.29 is 4.74 Å². The fraction of sp³-hybridized carbons (Fsp3) is 0.0769. The van der Waals surface area contributed by atoms with Crippen LogP contribution in [0.5, 0.6) is 5.75 Å². The van der Waals surface area contributed by atoms with Crippen molar-refractivity contribution in [3.8, 4) is 5.75 Å². The summed E-state index contributed by atoms with van der Waals surface area (Å²) in [5.74, 6) is 0.751. The lowest BCUT2D eigenvalue weighted by molar-refractivity contribution is 0.305. The first-order chi connectivity index (χ1) is 8.15. The molecule has 0 saturated carbocycles. The minimum Gasteiger partial charge on any atom is -0.489 e. The average molecular weight is 313 g/mol. The van der Waals surface area contributed by atoms with Gasteiger partial charge in [0, 0.05) is 20.7 Å². The second-order valence-corrected chi connectivity index (χ2v) is 4.89. The highest BCUT2D eigenvalue weighted by molar-refractivity contribution is 9.10. The molecule has 2 aromatic carbocycles. The highest BCUT2D eigenvalue weighted by Crippen LogP contribution is 2.23. The second-order valence-electron chi connectivity index (χ2n) is 3.60. The molecule has 0 aromatic heterocycles. The summed E-state index contributed by atoms with van der Waals surface area (Å²) >= 11 is 9.32. The smallest absolute Gasteiger partial charge is 0.121 e. The van der Waals surface area contributed by atoms with E-state index in [9.17, 15) is 0 Å². The quantitative estimate of drug-likeness (QED) is 0.859. The topological polar surface area (TPSA) is 35.2 Å². The van der Waals surface area contributed by atoms with Crippen LogP contribution in [-0.4, -0.2) is 0 Å². The Kier molecular flexibility index (Phi) is 3.92. The molecule has 0 fully saturated rings. The van der Waals surface area contributed by atoms with Gasteiger partial charge in [-0.1, -0.05) is 39.7 Å². The molecule has 17 heavy (non-hydrogen) atoms. The summed E-state index contributed by atoms with van der Waals surface area (Å²) in [6, 6.07) is 13.0. The number of rotatable bonds is 3. The molecule has 0 amide bonds. The minimum absolute atomic E-state index is 0.473. The number of benzene rings is 2. The van der Waals surface area contributed by atoms with Gasteiger partial charge in [0.2, 0.25) is 0 Å². The zero-order chi connectivity index (χ0) is 12.3. The van der Waals surface area contributed by atoms with Crippen LogP contribution >= 0.6 is 27.5 Å². The van der Waals surface area contributed by atoms with Crippen molar-refractivity contribution in [1.29, 1.82) is 0 Å². The first kappa shape index (κ1) is 12.3. The maximum atomic E-state index is 5.87. The van der Waals surface area contributed by atoms with Crippen LogP contribution in [0.1, 0.15) is 5.56 Å². The Morgan fingerprint density at radius 2 is 2.00 bits per heavy atom. The largest absolute Gasteiger partial charge is 0.489 e. The van der Waals surface area contributed by atoms with E-state index in [0.29, 0.717) is 11.6 Å². The highest BCUT2D eigenvalue weighted by atomic mass is 79.9. The fourth-order valence-electron chi connectivity index (χ4n) is 1.40. The van der Waals surface area contributed by atoms with Crippen LogP contribution in [-0.2, 0) is 6.61 Å². The summed E-state index contributed by atoms with van der Waals surface area (Å²) in [6.07, 6.45) is 0. The first-order valence-electron chi connectivity index (χ1n) is 5.07. The van der Waals surface area contributed by atoms with Crippen molar-refractivity contribution in [1.82, 2.24) is 0 Å². The van der Waals surface area contributed by atoms with Crippen LogP contribution in [0.2, 0.25) is 5.02 Å². The molecule has 0 radical (unpaired) electrons. The predicted molar refractivity (Wildman–Crippen MR) is 74.3 cm³/mol. The van der Waals surface area contributed by atoms with Gasteiger partial charge in [0.25, 0.3) is 0 Å². The highest BCUT2D eigenvalue weighted by Gasteiger charge is 2.02. The molecule has 2 aromatic rings. The number of nitrogen functional groups attached to an aromatic ring is 1. The summed E-state index contributed by atoms with van der Waals surface area (Å²) in [4.78, 5) is 0. The Morgan fingerprint density at radius 3 is 2.71 bits per heavy atom. The molecular formula is C13H11BrClNO. The molecule has 0 unspecified atom stereocenters. The van der Waals surface area contributed by atoms with Gasteiger partial charge in [-0.25, -0.2) is 0 Å². The van der Waals surface area contributed by atoms with Crippen LogP contribution in [0.15, 0.2) is 46.9 Å². The van der Waals surface area contributed by atoms with Gasteiger partial charge in [-0.3, -0.25) is 0 Å². The van der Waals surface area contributed by atoms with E-state index in [0.717, 1.165) is 21.5 Å². The SMILES string of the molecule is Nc1ccc(COc2cccc(Cl)c2)c(Br)c1. The van der Waals surface area contributed by atoms with Crippen molar-refractivity contribution in [3.05, 3.63) is 57.5 Å². The lowest BCUT2D eigenvalue weighted by Crippen LogP contribution is -1.97. The lowest BCUT2D eigenvalue weighted by Gasteiger charge is -2.08. The van der Waals surface area contributed by atoms with E-state index in [-0.39, 0.29) is 0 Å². The van der Waals surface area contributed by atoms with Gasteiger partial charge in [-0.15, -0.1) is 0 Å². The van der Waals surface area contributed by atoms with Crippen LogP contribution in [0, 0.1) is 0 Å². The molecule has 0 saturated heterocycles. The van der Waals surface area contributed by atoms with E-state index >= 15 is 0 Å². The molecule has 0 aliphatic rings. The molecule has 0 aliphatic carbocycles. The molecule has 2 rings (SSSR count). The number of anilines is 1. The van der Waals surface area contributed by atoms with Crippen LogP contribution in [0.25, 0.3) is 0 Å². The van der Waals surface area contributed by atoms with Gasteiger partial charge in [0.15, 0.2) is 0 Å². The minimum atomic E-state index is 0.473. The maximum Gasteiger partial charge on any atom is 0.121 e. The molecule has 2 N–H and O–H groups in total. The van der Waals surface area contributed by atoms with E-state index in [4.69, 9.17) is 22.1 Å². The Morgan fingerprint density at radius 1 is 1.18 bits per heavy atom. The average Bonchev–Trinajstić information content (AvgIpc) is 2.28. The van der Waals surface area contributed by atoms with E-state index in [1.807, 2.05) is 36.4 Å². The van der Waals surface area contributed by atoms with Crippen molar-refractivity contribution >= 4 is 33.2 Å². The first-order valence-corrected chi connectivity index (χ1v) is 6.24. The van der Waals surface area contributed by atoms with E-state index in [2.05, 4.69) is 15.9 Å². The Hall–Kier alpha value is -1.19. The standard InChI is InChI=1S/C13H11BrClNO/c14-13-7-11(16)5-4-9(13)8-17-12-3-1-2-10(15)6-12/h1-7H,8,16H2. The van der Waals surface area contributed by atoms with Crippen molar-refractivity contribution in [2.24, 2.45) is 0 Å². The number of nitrogens with two attached hydrogens (primary N) is 1. The van der Waals surface area contributed by atoms with Gasteiger partial charge < -0.3 is 10.5 Å². The molecule has 0 heterocycles. The summed E-state index contributed by atoms with van der Waals surface area (Å²) in [7, 11) is 0. The number of hydrogen-bond donors (Lipinski definition) is 1. The molecule has 2 nitrogen and oxygen atoms in total. The van der Waals surface area contributed by atoms with E-state index in [1.54, 1.807) is 6.07 Å². The van der Waals surface area contributed by atoms with E-state index < -0.39 is 0 Å². The van der Waals surface area contributed by atoms with Gasteiger partial charge in [0.05, 0.1) is 0 Å². The normalized spacial score (nSPS) is 10.2. The van der Waals surface area contributed by atoms with Crippen molar-refractivity contribution in [2.45, 2.75) is 6.61 Å². The third kappa shape index (κ3) is 3.38. The molecule has 0 bridgehead atoms. The summed E-state index contributed by atoms with van der Waals surface area (Å²) < 4.78 is 6.58. The Labute approximate surface area is 113 Å². The number of ether oxygens (including phenoxy) is 1. The molecule has 0 atom stereocenters. The third-order valence-corrected chi connectivity index (χ3v) is 3.24. The van der Waals surface area contributed by atoms with Gasteiger partial charge in [0.1, 0.15) is 12.4 Å². The Bertz CT molecular complexity index is 531. The van der Waals surface area contributed by atoms with Gasteiger partial charge in [-0.2, -0.15) is 0 Å². The van der Waals surface area contributed by atoms with Crippen LogP contribution < -0.4 is 10.5 Å². The van der Waals surface area contributed by atoms with Crippen LogP contribution in [0.3, 0.4) is 0 Å². The second kappa shape index (κ2) is 5.43. The zero-order valence-electron chi connectivity index (χ0n) is 8.99. The summed E-state index contributed by atoms with van der Waals surface area (Å²) in [5.41, 5.74) is 7.43. The number of halogens is 2. The fourth-order valence-corrected chi connectivity index (χ4v) is 2.09. The zero-order valence-corrected chi connectivity index (χ0v) is 11.3. The number of hydrogen-bond acceptors (Lipinski definition) is 2. The third-order valence-electron chi connectivity index (χ3n) is 2.27. The predicted octanol–water partition coefficient (Wildman–Crippen LogP) is 4.26. The van der Waals surface area contributed by atoms with Gasteiger partial charge >= 0.3 is 0 Å². The summed E-state index contributed by atoms with van der Waals surface area (Å²) in [6.45, 7) is 0.473. The molecule has 0 aliphatic heterocycles. The lowest BCUT2D eigenvalue weighted by atomic mass is 10.2. The van der Waals surface area contributed by atoms with Crippen LogP contribution in [0.4, 0.5) is 5.69 Å². The maximum absolute atomic E-state index is 5.87. The molecular weight excluding hydrogens is 302 g/mol. The molecule has 0 spiro atoms. The molecule has 88 valence electrons. The summed E-state index contributed by atoms with van der Waals surface area (Å²) in [5, 5.41) is 0.666.